The van der Waals surface area contributed by atoms with Crippen LogP contribution in [0.5, 0.6) is 0 Å². The molecule has 146 valence electrons. The van der Waals surface area contributed by atoms with Gasteiger partial charge in [-0.3, -0.25) is 9.05 Å². The minimum absolute atomic E-state index is 0.0358. The summed E-state index contributed by atoms with van der Waals surface area (Å²) in [5.74, 6) is 0.187. The van der Waals surface area contributed by atoms with Crippen LogP contribution in [0.2, 0.25) is 0 Å². The maximum absolute atomic E-state index is 11.4. The van der Waals surface area contributed by atoms with Crippen LogP contribution < -0.4 is 0 Å². The van der Waals surface area contributed by atoms with E-state index in [-0.39, 0.29) is 19.1 Å². The fourth-order valence-electron chi connectivity index (χ4n) is 2.66. The first-order valence-corrected chi connectivity index (χ1v) is 11.8. The van der Waals surface area contributed by atoms with Crippen LogP contribution in [0.4, 0.5) is 0 Å². The third-order valence-electron chi connectivity index (χ3n) is 4.08. The Labute approximate surface area is 154 Å². The Kier molecular flexibility index (Phi) is 18.5. The summed E-state index contributed by atoms with van der Waals surface area (Å²) in [6.07, 6.45) is 18.0. The third kappa shape index (κ3) is 18.7. The van der Waals surface area contributed by atoms with Crippen molar-refractivity contribution in [3.63, 3.8) is 0 Å². The maximum atomic E-state index is 11.4. The Bertz CT molecular complexity index is 303. The molecule has 0 aliphatic heterocycles. The summed E-state index contributed by atoms with van der Waals surface area (Å²) in [6, 6.07) is 0. The summed E-state index contributed by atoms with van der Waals surface area (Å²) < 4.78 is 20.9. The molecule has 0 bridgehead atoms. The van der Waals surface area contributed by atoms with Gasteiger partial charge in [0.05, 0.1) is 13.2 Å². The molecule has 1 N–H and O–H groups in total. The first kappa shape index (κ1) is 24.4. The third-order valence-corrected chi connectivity index (χ3v) is 5.26. The van der Waals surface area contributed by atoms with Crippen LogP contribution in [0, 0.1) is 0 Å². The normalized spacial score (nSPS) is 14.0. The van der Waals surface area contributed by atoms with Crippen molar-refractivity contribution in [3.8, 4) is 0 Å². The van der Waals surface area contributed by atoms with Gasteiger partial charge < -0.3 is 4.89 Å². The van der Waals surface area contributed by atoms with E-state index in [1.165, 1.54) is 77.0 Å². The molecule has 0 amide bonds. The largest absolute Gasteiger partial charge is 0.472 e. The van der Waals surface area contributed by atoms with Crippen LogP contribution in [0.3, 0.4) is 0 Å². The van der Waals surface area contributed by atoms with Gasteiger partial charge >= 0.3 is 7.82 Å². The Morgan fingerprint density at radius 2 is 1.08 bits per heavy atom. The molecule has 0 saturated heterocycles. The first-order chi connectivity index (χ1) is 11.6. The van der Waals surface area contributed by atoms with Crippen LogP contribution in [0.15, 0.2) is 0 Å². The number of unbranched alkanes of at least 4 members (excludes halogenated alkanes) is 13. The van der Waals surface area contributed by atoms with Crippen molar-refractivity contribution in [2.75, 3.05) is 19.1 Å². The van der Waals surface area contributed by atoms with E-state index in [9.17, 15) is 9.46 Å². The van der Waals surface area contributed by atoms with E-state index in [0.717, 1.165) is 12.8 Å². The van der Waals surface area contributed by atoms with E-state index in [2.05, 4.69) is 11.4 Å². The topological polar surface area (TPSA) is 55.8 Å². The zero-order valence-corrected chi connectivity index (χ0v) is 17.2. The molecule has 0 spiro atoms. The van der Waals surface area contributed by atoms with Gasteiger partial charge in [-0.25, -0.2) is 4.57 Å². The lowest BCUT2D eigenvalue weighted by Crippen LogP contribution is -1.99. The van der Waals surface area contributed by atoms with Gasteiger partial charge in [-0.05, 0) is 6.42 Å². The minimum atomic E-state index is -3.88. The molecule has 1 unspecified atom stereocenters. The van der Waals surface area contributed by atoms with Crippen molar-refractivity contribution < 1.29 is 18.5 Å². The average Bonchev–Trinajstić information content (AvgIpc) is 2.56. The number of alkyl halides is 1. The van der Waals surface area contributed by atoms with E-state index >= 15 is 0 Å². The van der Waals surface area contributed by atoms with Crippen molar-refractivity contribution in [1.29, 1.82) is 0 Å². The highest BCUT2D eigenvalue weighted by molar-refractivity contribution is 7.47. The van der Waals surface area contributed by atoms with Crippen molar-refractivity contribution >= 4 is 19.4 Å². The fraction of sp³-hybridized carbons (Fsp3) is 1.00. The lowest BCUT2D eigenvalue weighted by Gasteiger charge is -2.10. The molecular weight excluding hydrogens is 347 g/mol. The summed E-state index contributed by atoms with van der Waals surface area (Å²) in [4.78, 5) is 9.30. The van der Waals surface area contributed by atoms with E-state index in [4.69, 9.17) is 16.1 Å². The molecule has 0 fully saturated rings. The second kappa shape index (κ2) is 18.2. The molecule has 0 aromatic heterocycles. The van der Waals surface area contributed by atoms with Crippen LogP contribution in [-0.4, -0.2) is 24.0 Å². The van der Waals surface area contributed by atoms with Crippen molar-refractivity contribution in [2.45, 2.75) is 96.8 Å². The second-order valence-electron chi connectivity index (χ2n) is 6.42. The molecule has 24 heavy (non-hydrogen) atoms. The quantitative estimate of drug-likeness (QED) is 0.150. The number of rotatable bonds is 19. The highest BCUT2D eigenvalue weighted by atomic mass is 35.5. The number of phosphoric acid groups is 1. The fourth-order valence-corrected chi connectivity index (χ4v) is 3.60. The zero-order chi connectivity index (χ0) is 17.9. The van der Waals surface area contributed by atoms with E-state index < -0.39 is 7.82 Å². The van der Waals surface area contributed by atoms with Gasteiger partial charge in [0.2, 0.25) is 0 Å². The Morgan fingerprint density at radius 3 is 1.50 bits per heavy atom. The standard InChI is InChI=1S/C18H38ClO4P/c1-2-3-4-5-6-7-8-9-10-11-12-13-14-15-17-22-24(20,21)23-18-16-19/h2-18H2,1H3,(H,20,21). The van der Waals surface area contributed by atoms with Crippen LogP contribution in [-0.2, 0) is 13.6 Å². The first-order valence-electron chi connectivity index (χ1n) is 9.80. The molecule has 0 rings (SSSR count). The summed E-state index contributed by atoms with van der Waals surface area (Å²) in [5.41, 5.74) is 0. The molecule has 0 aromatic rings. The summed E-state index contributed by atoms with van der Waals surface area (Å²) in [6.45, 7) is 2.57. The highest BCUT2D eigenvalue weighted by Gasteiger charge is 2.19. The minimum Gasteiger partial charge on any atom is -0.302 e. The number of halogens is 1. The van der Waals surface area contributed by atoms with Crippen LogP contribution in [0.1, 0.15) is 96.8 Å². The molecule has 0 aliphatic rings. The van der Waals surface area contributed by atoms with Gasteiger partial charge in [0.25, 0.3) is 0 Å². The smallest absolute Gasteiger partial charge is 0.302 e. The molecular formula is C18H38ClO4P. The summed E-state index contributed by atoms with van der Waals surface area (Å²) in [5, 5.41) is 0. The van der Waals surface area contributed by atoms with Gasteiger partial charge in [-0.1, -0.05) is 90.4 Å². The van der Waals surface area contributed by atoms with E-state index in [1.54, 1.807) is 0 Å². The van der Waals surface area contributed by atoms with Gasteiger partial charge in [-0.15, -0.1) is 11.6 Å². The maximum Gasteiger partial charge on any atom is 0.472 e. The highest BCUT2D eigenvalue weighted by Crippen LogP contribution is 2.43. The summed E-state index contributed by atoms with van der Waals surface area (Å²) in [7, 11) is -3.88. The van der Waals surface area contributed by atoms with Crippen molar-refractivity contribution in [2.24, 2.45) is 0 Å². The van der Waals surface area contributed by atoms with E-state index in [1.807, 2.05) is 0 Å². The zero-order valence-electron chi connectivity index (χ0n) is 15.5. The lowest BCUT2D eigenvalue weighted by molar-refractivity contribution is 0.153. The predicted molar refractivity (Wildman–Crippen MR) is 103 cm³/mol. The Morgan fingerprint density at radius 1 is 0.708 bits per heavy atom. The second-order valence-corrected chi connectivity index (χ2v) is 8.25. The Balaban J connectivity index is 3.16. The number of phosphoric ester groups is 1. The van der Waals surface area contributed by atoms with Gasteiger partial charge in [-0.2, -0.15) is 0 Å². The molecule has 0 saturated carbocycles. The van der Waals surface area contributed by atoms with Crippen LogP contribution in [0.25, 0.3) is 0 Å². The van der Waals surface area contributed by atoms with Crippen molar-refractivity contribution in [3.05, 3.63) is 0 Å². The van der Waals surface area contributed by atoms with Gasteiger partial charge in [0.15, 0.2) is 0 Å². The Hall–Kier alpha value is 0.400. The van der Waals surface area contributed by atoms with Crippen molar-refractivity contribution in [1.82, 2.24) is 0 Å². The van der Waals surface area contributed by atoms with Gasteiger partial charge in [0.1, 0.15) is 0 Å². The molecule has 0 aliphatic carbocycles. The predicted octanol–water partition coefficient (Wildman–Crippen LogP) is 6.84. The average molecular weight is 385 g/mol. The molecule has 6 heteroatoms. The molecule has 4 nitrogen and oxygen atoms in total. The molecule has 1 atom stereocenters. The van der Waals surface area contributed by atoms with Gasteiger partial charge in [0, 0.05) is 5.88 Å². The number of hydrogen-bond donors (Lipinski definition) is 1. The lowest BCUT2D eigenvalue weighted by atomic mass is 10.0. The molecule has 0 radical (unpaired) electrons. The number of hydrogen-bond acceptors (Lipinski definition) is 3. The molecule has 0 heterocycles. The monoisotopic (exact) mass is 384 g/mol. The summed E-state index contributed by atoms with van der Waals surface area (Å²) >= 11 is 5.39. The van der Waals surface area contributed by atoms with E-state index in [0.29, 0.717) is 0 Å². The SMILES string of the molecule is CCCCCCCCCCCCCCCCOP(=O)(O)OCCCl. The molecule has 0 aromatic carbocycles. The van der Waals surface area contributed by atoms with Crippen LogP contribution >= 0.6 is 19.4 Å².